The Hall–Kier alpha value is -3.22. The van der Waals surface area contributed by atoms with Gasteiger partial charge < -0.3 is 9.80 Å². The molecule has 0 radical (unpaired) electrons. The van der Waals surface area contributed by atoms with Crippen molar-refractivity contribution in [3.8, 4) is 0 Å². The Morgan fingerprint density at radius 3 is 2.30 bits per heavy atom. The fourth-order valence-corrected chi connectivity index (χ4v) is 10.8. The number of fused-ring (bicyclic) bond motifs is 1. The molecular weight excluding hydrogens is 589 g/mol. The Labute approximate surface area is 275 Å². The molecule has 3 aromatic carbocycles. The van der Waals surface area contributed by atoms with Gasteiger partial charge in [0, 0.05) is 43.1 Å². The van der Waals surface area contributed by atoms with Gasteiger partial charge >= 0.3 is 0 Å². The molecule has 6 heteroatoms. The van der Waals surface area contributed by atoms with Gasteiger partial charge in [-0.3, -0.25) is 4.79 Å². The molecule has 2 aliphatic heterocycles. The average Bonchev–Trinajstić information content (AvgIpc) is 3.62. The van der Waals surface area contributed by atoms with Gasteiger partial charge in [0.2, 0.25) is 9.84 Å². The van der Waals surface area contributed by atoms with Crippen LogP contribution in [0.25, 0.3) is 0 Å². The van der Waals surface area contributed by atoms with Crippen molar-refractivity contribution >= 4 is 21.3 Å². The first-order valence-electron chi connectivity index (χ1n) is 17.5. The number of hydrogen-bond donors (Lipinski definition) is 0. The van der Waals surface area contributed by atoms with Gasteiger partial charge in [-0.25, -0.2) is 8.42 Å². The van der Waals surface area contributed by atoms with Crippen LogP contribution < -0.4 is 4.90 Å². The number of likely N-dealkylation sites (tertiary alicyclic amines) is 1. The minimum Gasteiger partial charge on any atom is -0.371 e. The number of ketones is 1. The molecule has 2 saturated heterocycles. The summed E-state index contributed by atoms with van der Waals surface area (Å²) < 4.78 is 26.7. The van der Waals surface area contributed by atoms with E-state index in [1.807, 2.05) is 12.1 Å². The summed E-state index contributed by atoms with van der Waals surface area (Å²) in [6, 6.07) is 23.4. The third-order valence-electron chi connectivity index (χ3n) is 11.8. The van der Waals surface area contributed by atoms with Gasteiger partial charge in [-0.2, -0.15) is 0 Å². The number of hydrogen-bond acceptors (Lipinski definition) is 5. The lowest BCUT2D eigenvalue weighted by molar-refractivity contribution is -0.114. The first-order chi connectivity index (χ1) is 22.4. The second kappa shape index (κ2) is 13.1. The first-order valence-corrected chi connectivity index (χ1v) is 19.0. The average molecular weight is 637 g/mol. The molecule has 0 aromatic heterocycles. The zero-order valence-corrected chi connectivity index (χ0v) is 27.9. The Bertz CT molecular complexity index is 1660. The minimum absolute atomic E-state index is 0.130. The molecule has 242 valence electrons. The Kier molecular flexibility index (Phi) is 8.95. The standard InChI is InChI=1S/C40H48N2O3S/c1-2-36(43)25-30-9-7-14-38(26-30)46(44,45)37-18-16-35(17-19-37)42-28-31(29-42)27-41-23-20-34(21-24-41)40(33-12-4-5-13-33)22-8-11-32-10-3-6-15-39(32)40/h2-3,6-7,9-10,14-19,26,31,33-34H,1,4-5,8,11-13,20-25,27-29H2. The number of aryl methyl sites for hydroxylation is 1. The number of sulfone groups is 1. The molecule has 3 fully saturated rings. The van der Waals surface area contributed by atoms with E-state index in [4.69, 9.17) is 0 Å². The second-order valence-electron chi connectivity index (χ2n) is 14.4. The maximum absolute atomic E-state index is 13.3. The maximum atomic E-state index is 13.3. The van der Waals surface area contributed by atoms with Crippen LogP contribution in [0.1, 0.15) is 68.1 Å². The molecule has 2 heterocycles. The molecule has 0 spiro atoms. The van der Waals surface area contributed by atoms with E-state index in [1.165, 1.54) is 77.0 Å². The van der Waals surface area contributed by atoms with Gasteiger partial charge in [-0.05, 0) is 129 Å². The third kappa shape index (κ3) is 5.99. The molecule has 4 aliphatic rings. The van der Waals surface area contributed by atoms with E-state index < -0.39 is 9.84 Å². The maximum Gasteiger partial charge on any atom is 0.206 e. The van der Waals surface area contributed by atoms with Crippen molar-refractivity contribution in [3.05, 3.63) is 102 Å². The summed E-state index contributed by atoms with van der Waals surface area (Å²) in [6.45, 7) is 9.14. The van der Waals surface area contributed by atoms with Gasteiger partial charge in [0.15, 0.2) is 5.78 Å². The molecule has 7 rings (SSSR count). The van der Waals surface area contributed by atoms with Crippen LogP contribution in [0.5, 0.6) is 0 Å². The summed E-state index contributed by atoms with van der Waals surface area (Å²) in [5.74, 6) is 2.19. The summed E-state index contributed by atoms with van der Waals surface area (Å²) in [5.41, 5.74) is 5.50. The molecule has 0 N–H and O–H groups in total. The summed E-state index contributed by atoms with van der Waals surface area (Å²) in [7, 11) is -3.67. The highest BCUT2D eigenvalue weighted by Crippen LogP contribution is 2.55. The molecule has 0 amide bonds. The van der Waals surface area contributed by atoms with E-state index in [-0.39, 0.29) is 22.0 Å². The largest absolute Gasteiger partial charge is 0.371 e. The highest BCUT2D eigenvalue weighted by Gasteiger charge is 2.49. The van der Waals surface area contributed by atoms with Crippen LogP contribution in [0, 0.1) is 17.8 Å². The topological polar surface area (TPSA) is 57.7 Å². The quantitative estimate of drug-likeness (QED) is 0.217. The number of carbonyl (C=O) groups excluding carboxylic acids is 1. The van der Waals surface area contributed by atoms with E-state index in [0.29, 0.717) is 16.9 Å². The van der Waals surface area contributed by atoms with E-state index in [2.05, 4.69) is 40.6 Å². The number of allylic oxidation sites excluding steroid dienone is 1. The molecule has 0 bridgehead atoms. The van der Waals surface area contributed by atoms with Crippen LogP contribution in [-0.2, 0) is 32.9 Å². The van der Waals surface area contributed by atoms with Gasteiger partial charge in [0.25, 0.3) is 0 Å². The summed E-state index contributed by atoms with van der Waals surface area (Å²) in [5, 5.41) is 0. The number of anilines is 1. The van der Waals surface area contributed by atoms with Crippen molar-refractivity contribution in [2.75, 3.05) is 37.6 Å². The summed E-state index contributed by atoms with van der Waals surface area (Å²) in [4.78, 5) is 17.4. The van der Waals surface area contributed by atoms with Crippen LogP contribution in [-0.4, -0.2) is 51.8 Å². The SMILES string of the molecule is C=CC(=O)Cc1cccc(S(=O)(=O)c2ccc(N3CC(CN4CCC(C5(C6CCCC6)CCCc6ccccc65)CC4)C3)cc2)c1. The molecule has 1 saturated carbocycles. The molecule has 1 unspecified atom stereocenters. The monoisotopic (exact) mass is 636 g/mol. The molecule has 5 nitrogen and oxygen atoms in total. The van der Waals surface area contributed by atoms with Crippen LogP contribution >= 0.6 is 0 Å². The number of benzene rings is 3. The van der Waals surface area contributed by atoms with Crippen LogP contribution in [0.3, 0.4) is 0 Å². The Balaban J connectivity index is 0.940. The van der Waals surface area contributed by atoms with Crippen molar-refractivity contribution in [2.24, 2.45) is 17.8 Å². The molecule has 1 atom stereocenters. The molecular formula is C40H48N2O3S. The van der Waals surface area contributed by atoms with Gasteiger partial charge in [-0.15, -0.1) is 0 Å². The number of piperidine rings is 1. The third-order valence-corrected chi connectivity index (χ3v) is 13.5. The number of rotatable bonds is 10. The molecule has 2 aliphatic carbocycles. The van der Waals surface area contributed by atoms with Crippen LogP contribution in [0.15, 0.2) is 95.2 Å². The van der Waals surface area contributed by atoms with E-state index in [9.17, 15) is 13.2 Å². The first kappa shape index (κ1) is 31.4. The lowest BCUT2D eigenvalue weighted by atomic mass is 9.54. The minimum atomic E-state index is -3.67. The van der Waals surface area contributed by atoms with Crippen molar-refractivity contribution in [1.29, 1.82) is 0 Å². The molecule has 46 heavy (non-hydrogen) atoms. The fraction of sp³-hybridized carbons (Fsp3) is 0.475. The molecule has 3 aromatic rings. The lowest BCUT2D eigenvalue weighted by Gasteiger charge is -2.52. The van der Waals surface area contributed by atoms with Crippen molar-refractivity contribution in [1.82, 2.24) is 4.90 Å². The van der Waals surface area contributed by atoms with E-state index in [1.54, 1.807) is 47.5 Å². The van der Waals surface area contributed by atoms with Gasteiger partial charge in [0.05, 0.1) is 9.79 Å². The summed E-state index contributed by atoms with van der Waals surface area (Å²) in [6.07, 6.45) is 13.7. The lowest BCUT2D eigenvalue weighted by Crippen LogP contribution is -2.54. The highest BCUT2D eigenvalue weighted by molar-refractivity contribution is 7.91. The van der Waals surface area contributed by atoms with Gasteiger partial charge in [-0.1, -0.05) is 55.8 Å². The Morgan fingerprint density at radius 1 is 0.848 bits per heavy atom. The highest BCUT2D eigenvalue weighted by atomic mass is 32.2. The Morgan fingerprint density at radius 2 is 1.57 bits per heavy atom. The zero-order chi connectivity index (χ0) is 31.7. The van der Waals surface area contributed by atoms with Crippen molar-refractivity contribution in [2.45, 2.75) is 79.4 Å². The summed E-state index contributed by atoms with van der Waals surface area (Å²) >= 11 is 0. The fourth-order valence-electron chi connectivity index (χ4n) is 9.48. The van der Waals surface area contributed by atoms with Crippen molar-refractivity contribution in [3.63, 3.8) is 0 Å². The predicted octanol–water partition coefficient (Wildman–Crippen LogP) is 7.43. The zero-order valence-electron chi connectivity index (χ0n) is 27.1. The second-order valence-corrected chi connectivity index (χ2v) is 16.3. The smallest absolute Gasteiger partial charge is 0.206 e. The number of nitrogens with zero attached hydrogens (tertiary/aromatic N) is 2. The normalized spacial score (nSPS) is 23.2. The van der Waals surface area contributed by atoms with Crippen molar-refractivity contribution < 1.29 is 13.2 Å². The predicted molar refractivity (Wildman–Crippen MR) is 185 cm³/mol. The van der Waals surface area contributed by atoms with Crippen LogP contribution in [0.2, 0.25) is 0 Å². The van der Waals surface area contributed by atoms with E-state index >= 15 is 0 Å². The van der Waals surface area contributed by atoms with E-state index in [0.717, 1.165) is 37.2 Å². The number of carbonyl (C=O) groups is 1. The van der Waals surface area contributed by atoms with Gasteiger partial charge in [0.1, 0.15) is 0 Å². The van der Waals surface area contributed by atoms with Crippen LogP contribution in [0.4, 0.5) is 5.69 Å².